The van der Waals surface area contributed by atoms with Gasteiger partial charge >= 0.3 is 0 Å². The third-order valence-corrected chi connectivity index (χ3v) is 2.10. The van der Waals surface area contributed by atoms with Crippen LogP contribution in [0.15, 0.2) is 12.1 Å². The van der Waals surface area contributed by atoms with Crippen LogP contribution in [0.5, 0.6) is 0 Å². The molecule has 0 saturated heterocycles. The van der Waals surface area contributed by atoms with Crippen molar-refractivity contribution in [3.05, 3.63) is 33.6 Å². The fourth-order valence-electron chi connectivity index (χ4n) is 0.929. The molecule has 0 bridgehead atoms. The highest BCUT2D eigenvalue weighted by Gasteiger charge is 2.06. The highest BCUT2D eigenvalue weighted by atomic mass is 35.5. The maximum Gasteiger partial charge on any atom is 0.160 e. The highest BCUT2D eigenvalue weighted by Crippen LogP contribution is 2.24. The van der Waals surface area contributed by atoms with Crippen molar-refractivity contribution in [1.29, 1.82) is 0 Å². The molecule has 1 aromatic rings. The van der Waals surface area contributed by atoms with Gasteiger partial charge in [0, 0.05) is 0 Å². The van der Waals surface area contributed by atoms with Gasteiger partial charge in [0.15, 0.2) is 5.82 Å². The average molecular weight is 224 g/mol. The van der Waals surface area contributed by atoms with E-state index in [-0.39, 0.29) is 10.0 Å². The zero-order valence-corrected chi connectivity index (χ0v) is 8.20. The van der Waals surface area contributed by atoms with Crippen LogP contribution in [0.2, 0.25) is 10.0 Å². The molecule has 2 nitrogen and oxygen atoms in total. The monoisotopic (exact) mass is 223 g/mol. The summed E-state index contributed by atoms with van der Waals surface area (Å²) in [6, 6.07) is 3.00. The number of nitrogens with two attached hydrogens (primary N) is 1. The van der Waals surface area contributed by atoms with E-state index in [1.807, 2.05) is 0 Å². The quantitative estimate of drug-likeness (QED) is 0.632. The molecule has 0 amide bonds. The van der Waals surface area contributed by atoms with Gasteiger partial charge in [0.2, 0.25) is 0 Å². The highest BCUT2D eigenvalue weighted by molar-refractivity contribution is 6.34. The number of hydrogen-bond donors (Lipinski definition) is 1. The average Bonchev–Trinajstić information content (AvgIpc) is 2.10. The van der Waals surface area contributed by atoms with Gasteiger partial charge < -0.3 is 4.84 Å². The van der Waals surface area contributed by atoms with Crippen LogP contribution < -0.4 is 5.90 Å². The zero-order valence-electron chi connectivity index (χ0n) is 6.69. The first-order valence-electron chi connectivity index (χ1n) is 3.60. The van der Waals surface area contributed by atoms with Crippen molar-refractivity contribution >= 4 is 23.2 Å². The first-order valence-corrected chi connectivity index (χ1v) is 4.36. The topological polar surface area (TPSA) is 35.2 Å². The molecule has 0 radical (unpaired) electrons. The van der Waals surface area contributed by atoms with Gasteiger partial charge in [-0.15, -0.1) is 0 Å². The number of benzene rings is 1. The summed E-state index contributed by atoms with van der Waals surface area (Å²) in [6.07, 6.45) is 0.552. The predicted octanol–water partition coefficient (Wildman–Crippen LogP) is 2.57. The van der Waals surface area contributed by atoms with Crippen LogP contribution in [-0.4, -0.2) is 6.61 Å². The standard InChI is InChI=1S/C8H8Cl2FNO/c9-6-3-5(1-2-13-12)4-7(10)8(6)11/h3-4H,1-2,12H2. The molecule has 5 heteroatoms. The van der Waals surface area contributed by atoms with E-state index >= 15 is 0 Å². The Morgan fingerprint density at radius 3 is 2.31 bits per heavy atom. The van der Waals surface area contributed by atoms with Crippen molar-refractivity contribution in [3.8, 4) is 0 Å². The Bertz CT molecular complexity index is 283. The van der Waals surface area contributed by atoms with Crippen LogP contribution in [0.1, 0.15) is 5.56 Å². The van der Waals surface area contributed by atoms with Crippen molar-refractivity contribution in [1.82, 2.24) is 0 Å². The van der Waals surface area contributed by atoms with E-state index in [4.69, 9.17) is 29.1 Å². The maximum atomic E-state index is 12.9. The molecule has 1 rings (SSSR count). The van der Waals surface area contributed by atoms with Crippen molar-refractivity contribution in [2.45, 2.75) is 6.42 Å². The minimum absolute atomic E-state index is 0.0134. The van der Waals surface area contributed by atoms with E-state index < -0.39 is 5.82 Å². The van der Waals surface area contributed by atoms with E-state index in [0.717, 1.165) is 5.56 Å². The molecule has 0 aliphatic carbocycles. The van der Waals surface area contributed by atoms with Gasteiger partial charge in [-0.1, -0.05) is 23.2 Å². The fraction of sp³-hybridized carbons (Fsp3) is 0.250. The van der Waals surface area contributed by atoms with Gasteiger partial charge in [0.1, 0.15) is 0 Å². The molecule has 0 aromatic heterocycles. The summed E-state index contributed by atoms with van der Waals surface area (Å²) in [5, 5.41) is 0.0269. The molecule has 2 N–H and O–H groups in total. The maximum absolute atomic E-state index is 12.9. The second-order valence-corrected chi connectivity index (χ2v) is 3.31. The summed E-state index contributed by atoms with van der Waals surface area (Å²) in [5.74, 6) is 4.25. The first kappa shape index (κ1) is 10.7. The number of hydrogen-bond acceptors (Lipinski definition) is 2. The molecule has 0 atom stereocenters. The molecule has 0 spiro atoms. The van der Waals surface area contributed by atoms with Crippen LogP contribution >= 0.6 is 23.2 Å². The summed E-state index contributed by atoms with van der Waals surface area (Å²) < 4.78 is 12.9. The van der Waals surface area contributed by atoms with Crippen molar-refractivity contribution in [2.75, 3.05) is 6.61 Å². The largest absolute Gasteiger partial charge is 0.304 e. The minimum atomic E-state index is -0.597. The van der Waals surface area contributed by atoms with Crippen LogP contribution in [0.4, 0.5) is 4.39 Å². The van der Waals surface area contributed by atoms with Crippen molar-refractivity contribution < 1.29 is 9.23 Å². The van der Waals surface area contributed by atoms with Gasteiger partial charge in [-0.3, -0.25) is 0 Å². The lowest BCUT2D eigenvalue weighted by Gasteiger charge is -2.03. The van der Waals surface area contributed by atoms with Crippen LogP contribution in [0, 0.1) is 5.82 Å². The zero-order chi connectivity index (χ0) is 9.84. The predicted molar refractivity (Wildman–Crippen MR) is 50.3 cm³/mol. The van der Waals surface area contributed by atoms with E-state index in [1.165, 1.54) is 12.1 Å². The van der Waals surface area contributed by atoms with Crippen molar-refractivity contribution in [3.63, 3.8) is 0 Å². The lowest BCUT2D eigenvalue weighted by atomic mass is 10.1. The van der Waals surface area contributed by atoms with Crippen LogP contribution in [0.25, 0.3) is 0 Å². The molecular weight excluding hydrogens is 216 g/mol. The summed E-state index contributed by atoms with van der Waals surface area (Å²) in [5.41, 5.74) is 0.793. The lowest BCUT2D eigenvalue weighted by molar-refractivity contribution is 0.141. The number of rotatable bonds is 3. The van der Waals surface area contributed by atoms with E-state index in [0.29, 0.717) is 13.0 Å². The van der Waals surface area contributed by atoms with Gasteiger partial charge in [0.05, 0.1) is 16.7 Å². The van der Waals surface area contributed by atoms with Gasteiger partial charge in [-0.25, -0.2) is 10.3 Å². The van der Waals surface area contributed by atoms with Crippen molar-refractivity contribution in [2.24, 2.45) is 5.90 Å². The fourth-order valence-corrected chi connectivity index (χ4v) is 1.46. The Morgan fingerprint density at radius 2 is 1.85 bits per heavy atom. The van der Waals surface area contributed by atoms with Gasteiger partial charge in [0.25, 0.3) is 0 Å². The normalized spacial score (nSPS) is 10.5. The Balaban J connectivity index is 2.86. The second-order valence-electron chi connectivity index (χ2n) is 2.49. The molecule has 1 aromatic carbocycles. The Kier molecular flexibility index (Phi) is 3.93. The van der Waals surface area contributed by atoms with Crippen LogP contribution in [-0.2, 0) is 11.3 Å². The summed E-state index contributed by atoms with van der Waals surface area (Å²) >= 11 is 11.1. The molecule has 13 heavy (non-hydrogen) atoms. The van der Waals surface area contributed by atoms with E-state index in [2.05, 4.69) is 4.84 Å². The first-order chi connectivity index (χ1) is 6.15. The molecule has 72 valence electrons. The molecule has 0 aliphatic rings. The molecule has 0 heterocycles. The second kappa shape index (κ2) is 4.77. The Morgan fingerprint density at radius 1 is 1.31 bits per heavy atom. The third-order valence-electron chi connectivity index (χ3n) is 1.55. The van der Waals surface area contributed by atoms with Gasteiger partial charge in [-0.2, -0.15) is 0 Å². The van der Waals surface area contributed by atoms with E-state index in [9.17, 15) is 4.39 Å². The Hall–Kier alpha value is -0.350. The molecule has 0 aliphatic heterocycles. The lowest BCUT2D eigenvalue weighted by Crippen LogP contribution is -2.03. The molecule has 0 fully saturated rings. The molecule has 0 saturated carbocycles. The summed E-state index contributed by atoms with van der Waals surface area (Å²) in [4.78, 5) is 4.38. The van der Waals surface area contributed by atoms with Crippen LogP contribution in [0.3, 0.4) is 0 Å². The summed E-state index contributed by atoms with van der Waals surface area (Å²) in [7, 11) is 0. The van der Waals surface area contributed by atoms with Gasteiger partial charge in [-0.05, 0) is 24.1 Å². The number of halogens is 3. The minimum Gasteiger partial charge on any atom is -0.304 e. The third kappa shape index (κ3) is 2.81. The SMILES string of the molecule is NOCCc1cc(Cl)c(F)c(Cl)c1. The molecule has 0 unspecified atom stereocenters. The summed E-state index contributed by atoms with van der Waals surface area (Å²) in [6.45, 7) is 0.346. The Labute approximate surface area is 85.3 Å². The molecular formula is C8H8Cl2FNO. The van der Waals surface area contributed by atoms with E-state index in [1.54, 1.807) is 0 Å². The smallest absolute Gasteiger partial charge is 0.160 e.